The van der Waals surface area contributed by atoms with E-state index in [1.54, 1.807) is 11.9 Å². The van der Waals surface area contributed by atoms with Gasteiger partial charge in [0, 0.05) is 81.5 Å². The van der Waals surface area contributed by atoms with Crippen LogP contribution in [0.25, 0.3) is 10.8 Å². The van der Waals surface area contributed by atoms with Crippen molar-refractivity contribution in [1.29, 1.82) is 0 Å². The molecule has 2 aliphatic rings. The first kappa shape index (κ1) is 36.4. The minimum Gasteiger partial charge on any atom is -0.457 e. The quantitative estimate of drug-likeness (QED) is 0.138. The molecule has 2 N–H and O–H groups in total. The zero-order valence-corrected chi connectivity index (χ0v) is 30.7. The second-order valence-corrected chi connectivity index (χ2v) is 14.0. The van der Waals surface area contributed by atoms with Gasteiger partial charge in [-0.2, -0.15) is 0 Å². The van der Waals surface area contributed by atoms with E-state index < -0.39 is 6.04 Å². The SMILES string of the molecule is CNC(=O)C(CCC=O)N1Cc2cc(N3CCN(Cc4cccc(CNC(=O)c5ccc6c(Oc7ccc(C)cc7)cccc6c5)c4)CC3)ccc2C1=O. The highest BCUT2D eigenvalue weighted by atomic mass is 16.5. The third-order valence-corrected chi connectivity index (χ3v) is 10.3. The summed E-state index contributed by atoms with van der Waals surface area (Å²) in [6, 6.07) is 33.1. The number of ether oxygens (including phenoxy) is 1. The normalized spacial score (nSPS) is 14.8. The zero-order chi connectivity index (χ0) is 37.6. The molecule has 2 heterocycles. The molecule has 0 saturated carbocycles. The Morgan fingerprint density at radius 1 is 0.870 bits per heavy atom. The van der Waals surface area contributed by atoms with E-state index >= 15 is 0 Å². The lowest BCUT2D eigenvalue weighted by Crippen LogP contribution is -2.46. The maximum Gasteiger partial charge on any atom is 0.255 e. The van der Waals surface area contributed by atoms with E-state index in [0.29, 0.717) is 30.6 Å². The number of nitrogens with one attached hydrogen (secondary N) is 2. The average molecular weight is 724 g/mol. The van der Waals surface area contributed by atoms with E-state index in [9.17, 15) is 19.2 Å². The number of carbonyl (C=O) groups is 4. The van der Waals surface area contributed by atoms with Crippen molar-refractivity contribution in [1.82, 2.24) is 20.4 Å². The van der Waals surface area contributed by atoms with Gasteiger partial charge >= 0.3 is 0 Å². The van der Waals surface area contributed by atoms with Crippen molar-refractivity contribution in [2.24, 2.45) is 0 Å². The predicted octanol–water partition coefficient (Wildman–Crippen LogP) is 6.24. The van der Waals surface area contributed by atoms with Gasteiger partial charge in [0.25, 0.3) is 11.8 Å². The van der Waals surface area contributed by atoms with Gasteiger partial charge in [0.15, 0.2) is 0 Å². The molecule has 10 nitrogen and oxygen atoms in total. The molecule has 1 saturated heterocycles. The zero-order valence-electron chi connectivity index (χ0n) is 30.7. The monoisotopic (exact) mass is 723 g/mol. The van der Waals surface area contributed by atoms with E-state index in [2.05, 4.69) is 38.6 Å². The Balaban J connectivity index is 0.916. The minimum absolute atomic E-state index is 0.129. The lowest BCUT2D eigenvalue weighted by atomic mass is 10.1. The van der Waals surface area contributed by atoms with Crippen molar-refractivity contribution in [2.75, 3.05) is 38.1 Å². The summed E-state index contributed by atoms with van der Waals surface area (Å²) in [5.74, 6) is 0.957. The van der Waals surface area contributed by atoms with Crippen LogP contribution in [0.3, 0.4) is 0 Å². The van der Waals surface area contributed by atoms with E-state index in [-0.39, 0.29) is 24.1 Å². The number of fused-ring (bicyclic) bond motifs is 2. The van der Waals surface area contributed by atoms with Crippen LogP contribution in [0.5, 0.6) is 11.5 Å². The number of anilines is 1. The minimum atomic E-state index is -0.675. The fraction of sp³-hybridized carbons (Fsp3) is 0.273. The van der Waals surface area contributed by atoms with E-state index in [1.807, 2.05) is 91.9 Å². The maximum absolute atomic E-state index is 13.2. The molecule has 5 aromatic carbocycles. The summed E-state index contributed by atoms with van der Waals surface area (Å²) >= 11 is 0. The second kappa shape index (κ2) is 16.3. The lowest BCUT2D eigenvalue weighted by Gasteiger charge is -2.36. The molecule has 0 aliphatic carbocycles. The third kappa shape index (κ3) is 8.14. The number of benzene rings is 5. The second-order valence-electron chi connectivity index (χ2n) is 14.0. The van der Waals surface area contributed by atoms with Crippen molar-refractivity contribution < 1.29 is 23.9 Å². The number of amides is 3. The molecule has 276 valence electrons. The summed E-state index contributed by atoms with van der Waals surface area (Å²) in [5, 5.41) is 7.61. The van der Waals surface area contributed by atoms with Crippen LogP contribution in [0, 0.1) is 6.92 Å². The predicted molar refractivity (Wildman–Crippen MR) is 210 cm³/mol. The largest absolute Gasteiger partial charge is 0.457 e. The number of carbonyl (C=O) groups excluding carboxylic acids is 4. The van der Waals surface area contributed by atoms with Crippen LogP contribution < -0.4 is 20.3 Å². The highest BCUT2D eigenvalue weighted by Crippen LogP contribution is 2.32. The first-order valence-corrected chi connectivity index (χ1v) is 18.5. The molecule has 1 unspecified atom stereocenters. The summed E-state index contributed by atoms with van der Waals surface area (Å²) in [4.78, 5) is 56.3. The number of aryl methyl sites for hydroxylation is 1. The molecule has 5 aromatic rings. The summed E-state index contributed by atoms with van der Waals surface area (Å²) in [6.45, 7) is 7.08. The summed E-state index contributed by atoms with van der Waals surface area (Å²) in [7, 11) is 1.55. The van der Waals surface area contributed by atoms with Gasteiger partial charge < -0.3 is 30.0 Å². The summed E-state index contributed by atoms with van der Waals surface area (Å²) in [5.41, 5.74) is 6.58. The molecular formula is C44H45N5O5. The Bertz CT molecular complexity index is 2180. The Hall–Kier alpha value is -6.00. The van der Waals surface area contributed by atoms with Crippen LogP contribution in [-0.4, -0.2) is 73.1 Å². The molecule has 1 fully saturated rings. The van der Waals surface area contributed by atoms with Crippen molar-refractivity contribution >= 4 is 40.5 Å². The topological polar surface area (TPSA) is 111 Å². The van der Waals surface area contributed by atoms with Gasteiger partial charge in [-0.3, -0.25) is 19.3 Å². The summed E-state index contributed by atoms with van der Waals surface area (Å²) in [6.07, 6.45) is 1.30. The van der Waals surface area contributed by atoms with Gasteiger partial charge in [0.05, 0.1) is 0 Å². The highest BCUT2D eigenvalue weighted by Gasteiger charge is 2.36. The van der Waals surface area contributed by atoms with Crippen molar-refractivity contribution in [3.63, 3.8) is 0 Å². The van der Waals surface area contributed by atoms with Gasteiger partial charge in [-0.25, -0.2) is 0 Å². The first-order valence-electron chi connectivity index (χ1n) is 18.5. The number of aldehydes is 1. The highest BCUT2D eigenvalue weighted by molar-refractivity contribution is 6.02. The molecule has 7 rings (SSSR count). The van der Waals surface area contributed by atoms with Gasteiger partial charge in [-0.05, 0) is 90.0 Å². The number of rotatable bonds is 13. The fourth-order valence-corrected chi connectivity index (χ4v) is 7.36. The molecule has 0 radical (unpaired) electrons. The Kier molecular flexibility index (Phi) is 11.0. The average Bonchev–Trinajstić information content (AvgIpc) is 3.52. The van der Waals surface area contributed by atoms with Crippen LogP contribution in [0.2, 0.25) is 0 Å². The van der Waals surface area contributed by atoms with E-state index in [0.717, 1.165) is 78.1 Å². The number of likely N-dealkylation sites (N-methyl/N-ethyl adjacent to an activating group) is 1. The van der Waals surface area contributed by atoms with Crippen molar-refractivity contribution in [3.8, 4) is 11.5 Å². The molecule has 1 atom stereocenters. The number of hydrogen-bond donors (Lipinski definition) is 2. The molecule has 2 aliphatic heterocycles. The Morgan fingerprint density at radius 2 is 1.65 bits per heavy atom. The standard InChI is InChI=1S/C44H45N5O5/c1-30-11-15-37(16-12-30)54-41-10-4-8-33-25-34(13-17-38(33)41)42(51)46-27-31-6-3-7-32(24-31)28-47-19-21-48(22-20-47)36-14-18-39-35(26-36)29-49(44(39)53)40(9-5-23-50)43(52)45-2/h3-4,6-8,10-18,23-26,40H,5,9,19-22,27-29H2,1-2H3,(H,45,52)(H,46,51). The number of hydrogen-bond acceptors (Lipinski definition) is 7. The molecule has 10 heteroatoms. The number of nitrogens with zero attached hydrogens (tertiary/aromatic N) is 3. The van der Waals surface area contributed by atoms with Crippen molar-refractivity contribution in [2.45, 2.75) is 45.4 Å². The van der Waals surface area contributed by atoms with Gasteiger partial charge in [0.2, 0.25) is 5.91 Å². The Labute approximate surface area is 315 Å². The van der Waals surface area contributed by atoms with Crippen LogP contribution in [0.15, 0.2) is 103 Å². The maximum atomic E-state index is 13.2. The lowest BCUT2D eigenvalue weighted by molar-refractivity contribution is -0.125. The van der Waals surface area contributed by atoms with Gasteiger partial charge in [-0.1, -0.05) is 54.1 Å². The molecular weight excluding hydrogens is 679 g/mol. The Morgan fingerprint density at radius 3 is 2.43 bits per heavy atom. The molecule has 54 heavy (non-hydrogen) atoms. The third-order valence-electron chi connectivity index (χ3n) is 10.3. The summed E-state index contributed by atoms with van der Waals surface area (Å²) < 4.78 is 6.15. The van der Waals surface area contributed by atoms with Crippen LogP contribution in [-0.2, 0) is 29.2 Å². The molecule has 0 spiro atoms. The first-order chi connectivity index (χ1) is 26.3. The van der Waals surface area contributed by atoms with Gasteiger partial charge in [0.1, 0.15) is 23.8 Å². The fourth-order valence-electron chi connectivity index (χ4n) is 7.36. The molecule has 3 amide bonds. The number of piperazine rings is 1. The van der Waals surface area contributed by atoms with Crippen molar-refractivity contribution in [3.05, 3.63) is 137 Å². The van der Waals surface area contributed by atoms with Gasteiger partial charge in [-0.15, -0.1) is 0 Å². The van der Waals surface area contributed by atoms with E-state index in [4.69, 9.17) is 4.74 Å². The molecule has 0 bridgehead atoms. The van der Waals surface area contributed by atoms with E-state index in [1.165, 1.54) is 11.1 Å². The van der Waals surface area contributed by atoms with Crippen LogP contribution >= 0.6 is 0 Å². The van der Waals surface area contributed by atoms with Crippen LogP contribution in [0.1, 0.15) is 55.8 Å². The van der Waals surface area contributed by atoms with Crippen LogP contribution in [0.4, 0.5) is 5.69 Å². The molecule has 0 aromatic heterocycles. The smallest absolute Gasteiger partial charge is 0.255 e.